The van der Waals surface area contributed by atoms with E-state index in [1.165, 1.54) is 31.2 Å². The van der Waals surface area contributed by atoms with Crippen molar-refractivity contribution < 1.29 is 17.6 Å². The van der Waals surface area contributed by atoms with Crippen LogP contribution in [-0.2, 0) is 0 Å². The molecule has 0 aliphatic carbocycles. The second-order valence-corrected chi connectivity index (χ2v) is 5.71. The van der Waals surface area contributed by atoms with Crippen LogP contribution in [0.4, 0.5) is 17.6 Å². The summed E-state index contributed by atoms with van der Waals surface area (Å²) in [7, 11) is 0. The molecule has 0 saturated carbocycles. The molecule has 3 rings (SSSR count). The van der Waals surface area contributed by atoms with Crippen molar-refractivity contribution in [2.24, 2.45) is 0 Å². The summed E-state index contributed by atoms with van der Waals surface area (Å²) >= 11 is 0. The summed E-state index contributed by atoms with van der Waals surface area (Å²) in [6.45, 7) is 3.29. The van der Waals surface area contributed by atoms with E-state index in [1.807, 2.05) is 6.92 Å². The summed E-state index contributed by atoms with van der Waals surface area (Å²) in [5.74, 6) is -4.53. The first-order valence-corrected chi connectivity index (χ1v) is 7.40. The summed E-state index contributed by atoms with van der Waals surface area (Å²) in [5.41, 5.74) is 1.08. The Bertz CT molecular complexity index is 912. The fourth-order valence-corrected chi connectivity index (χ4v) is 2.57. The molecular weight excluding hydrogens is 316 g/mol. The van der Waals surface area contributed by atoms with Gasteiger partial charge in [-0.1, -0.05) is 54.1 Å². The predicted molar refractivity (Wildman–Crippen MR) is 86.6 cm³/mol. The van der Waals surface area contributed by atoms with Crippen LogP contribution in [-0.4, -0.2) is 0 Å². The summed E-state index contributed by atoms with van der Waals surface area (Å²) in [6.07, 6.45) is 0. The molecule has 0 aliphatic rings. The third-order valence-electron chi connectivity index (χ3n) is 4.01. The Hall–Kier alpha value is -2.62. The van der Waals surface area contributed by atoms with Gasteiger partial charge in [-0.3, -0.25) is 0 Å². The second-order valence-electron chi connectivity index (χ2n) is 5.71. The Morgan fingerprint density at radius 3 is 1.58 bits per heavy atom. The van der Waals surface area contributed by atoms with Gasteiger partial charge in [0.1, 0.15) is 0 Å². The van der Waals surface area contributed by atoms with Gasteiger partial charge in [0.05, 0.1) is 0 Å². The highest BCUT2D eigenvalue weighted by atomic mass is 19.2. The summed E-state index contributed by atoms with van der Waals surface area (Å²) < 4.78 is 56.7. The average Bonchev–Trinajstić information content (AvgIpc) is 2.57. The van der Waals surface area contributed by atoms with Gasteiger partial charge in [-0.2, -0.15) is 0 Å². The van der Waals surface area contributed by atoms with Crippen LogP contribution in [0, 0.1) is 37.1 Å². The fraction of sp³-hybridized carbons (Fsp3) is 0.100. The first-order chi connectivity index (χ1) is 11.4. The molecule has 122 valence electrons. The molecule has 0 saturated heterocycles. The molecule has 0 fully saturated rings. The molecule has 4 heteroatoms. The highest BCUT2D eigenvalue weighted by Gasteiger charge is 2.20. The second kappa shape index (κ2) is 6.11. The van der Waals surface area contributed by atoms with E-state index in [9.17, 15) is 17.6 Å². The molecule has 0 bridgehead atoms. The van der Waals surface area contributed by atoms with Crippen LogP contribution < -0.4 is 0 Å². The van der Waals surface area contributed by atoms with Crippen LogP contribution in [0.25, 0.3) is 22.3 Å². The lowest BCUT2D eigenvalue weighted by molar-refractivity contribution is 0.499. The van der Waals surface area contributed by atoms with Crippen molar-refractivity contribution in [1.82, 2.24) is 0 Å². The number of hydrogen-bond donors (Lipinski definition) is 0. The quantitative estimate of drug-likeness (QED) is 0.491. The smallest absolute Gasteiger partial charge is 0.167 e. The lowest BCUT2D eigenvalue weighted by Gasteiger charge is -2.11. The summed E-state index contributed by atoms with van der Waals surface area (Å²) in [5, 5.41) is 0. The predicted octanol–water partition coefficient (Wildman–Crippen LogP) is 6.19. The maximum Gasteiger partial charge on any atom is 0.167 e. The van der Waals surface area contributed by atoms with Crippen molar-refractivity contribution in [2.45, 2.75) is 13.8 Å². The lowest BCUT2D eigenvalue weighted by atomic mass is 9.97. The van der Waals surface area contributed by atoms with E-state index in [2.05, 4.69) is 0 Å². The number of aryl methyl sites for hydroxylation is 2. The molecule has 3 aromatic rings. The molecule has 0 aliphatic heterocycles. The molecule has 3 aromatic carbocycles. The Morgan fingerprint density at radius 2 is 0.958 bits per heavy atom. The van der Waals surface area contributed by atoms with E-state index in [4.69, 9.17) is 0 Å². The van der Waals surface area contributed by atoms with Crippen LogP contribution >= 0.6 is 0 Å². The average molecular weight is 330 g/mol. The van der Waals surface area contributed by atoms with Crippen molar-refractivity contribution in [3.05, 3.63) is 82.9 Å². The van der Waals surface area contributed by atoms with Gasteiger partial charge in [-0.15, -0.1) is 0 Å². The number of rotatable bonds is 2. The van der Waals surface area contributed by atoms with Crippen LogP contribution in [0.15, 0.2) is 48.5 Å². The third kappa shape index (κ3) is 2.68. The Morgan fingerprint density at radius 1 is 0.500 bits per heavy atom. The zero-order valence-electron chi connectivity index (χ0n) is 13.1. The topological polar surface area (TPSA) is 0 Å². The maximum absolute atomic E-state index is 14.5. The summed E-state index contributed by atoms with van der Waals surface area (Å²) in [6, 6.07) is 12.1. The Balaban J connectivity index is 2.15. The molecule has 0 N–H and O–H groups in total. The number of hydrogen-bond acceptors (Lipinski definition) is 0. The first kappa shape index (κ1) is 16.2. The zero-order valence-corrected chi connectivity index (χ0v) is 13.1. The minimum Gasteiger partial charge on any atom is -0.203 e. The normalized spacial score (nSPS) is 10.9. The maximum atomic E-state index is 14.5. The molecule has 0 aromatic heterocycles. The van der Waals surface area contributed by atoms with E-state index >= 15 is 0 Å². The Kier molecular flexibility index (Phi) is 4.14. The number of benzene rings is 3. The first-order valence-electron chi connectivity index (χ1n) is 7.40. The molecule has 0 heterocycles. The molecular formula is C20H14F4. The fourth-order valence-electron chi connectivity index (χ4n) is 2.57. The molecule has 0 atom stereocenters. The molecule has 0 spiro atoms. The van der Waals surface area contributed by atoms with Gasteiger partial charge in [-0.05, 0) is 25.0 Å². The van der Waals surface area contributed by atoms with Gasteiger partial charge < -0.3 is 0 Å². The van der Waals surface area contributed by atoms with Crippen molar-refractivity contribution in [3.63, 3.8) is 0 Å². The van der Waals surface area contributed by atoms with Crippen LogP contribution in [0.1, 0.15) is 11.1 Å². The van der Waals surface area contributed by atoms with E-state index in [0.717, 1.165) is 5.56 Å². The van der Waals surface area contributed by atoms with Crippen LogP contribution in [0.5, 0.6) is 0 Å². The minimum absolute atomic E-state index is 0.0734. The zero-order chi connectivity index (χ0) is 17.4. The largest absolute Gasteiger partial charge is 0.203 e. The van der Waals surface area contributed by atoms with Gasteiger partial charge in [0.25, 0.3) is 0 Å². The molecule has 0 radical (unpaired) electrons. The van der Waals surface area contributed by atoms with Gasteiger partial charge in [0, 0.05) is 16.7 Å². The van der Waals surface area contributed by atoms with Gasteiger partial charge in [-0.25, -0.2) is 17.6 Å². The SMILES string of the molecule is Cc1ccc(-c2ccc(-c3ccc(C)c(F)c3F)c(F)c2F)cc1. The van der Waals surface area contributed by atoms with Gasteiger partial charge in [0.2, 0.25) is 0 Å². The van der Waals surface area contributed by atoms with Crippen molar-refractivity contribution >= 4 is 0 Å². The van der Waals surface area contributed by atoms with Gasteiger partial charge >= 0.3 is 0 Å². The molecule has 0 unspecified atom stereocenters. The highest BCUT2D eigenvalue weighted by Crippen LogP contribution is 2.33. The molecule has 0 amide bonds. The number of halogens is 4. The van der Waals surface area contributed by atoms with E-state index in [1.54, 1.807) is 24.3 Å². The minimum atomic E-state index is -1.20. The van der Waals surface area contributed by atoms with Crippen molar-refractivity contribution in [3.8, 4) is 22.3 Å². The van der Waals surface area contributed by atoms with Gasteiger partial charge in [0.15, 0.2) is 23.3 Å². The monoisotopic (exact) mass is 330 g/mol. The molecule has 0 nitrogen and oxygen atoms in total. The van der Waals surface area contributed by atoms with Crippen molar-refractivity contribution in [2.75, 3.05) is 0 Å². The molecule has 24 heavy (non-hydrogen) atoms. The van der Waals surface area contributed by atoms with E-state index < -0.39 is 23.3 Å². The Labute approximate surface area is 137 Å². The third-order valence-corrected chi connectivity index (χ3v) is 4.01. The van der Waals surface area contributed by atoms with Crippen LogP contribution in [0.3, 0.4) is 0 Å². The summed E-state index contributed by atoms with van der Waals surface area (Å²) in [4.78, 5) is 0. The highest BCUT2D eigenvalue weighted by molar-refractivity contribution is 5.72. The lowest BCUT2D eigenvalue weighted by Crippen LogP contribution is -1.98. The van der Waals surface area contributed by atoms with E-state index in [-0.39, 0.29) is 22.3 Å². The van der Waals surface area contributed by atoms with Crippen LogP contribution in [0.2, 0.25) is 0 Å². The van der Waals surface area contributed by atoms with E-state index in [0.29, 0.717) is 5.56 Å². The van der Waals surface area contributed by atoms with Crippen molar-refractivity contribution in [1.29, 1.82) is 0 Å². The standard InChI is InChI=1S/C20H14F4/c1-11-3-6-13(7-4-11)14-9-10-16(20(24)18(14)22)15-8-5-12(2)17(21)19(15)23/h3-10H,1-2H3.